The maximum Gasteiger partial charge on any atom is 0.251 e. The van der Waals surface area contributed by atoms with Crippen molar-refractivity contribution in [3.05, 3.63) is 65.7 Å². The third kappa shape index (κ3) is 3.95. The summed E-state index contributed by atoms with van der Waals surface area (Å²) in [5, 5.41) is 3.09. The molecule has 126 valence electrons. The standard InChI is InChI=1S/C20H24N2O2/c1-20(14-21,17-9-10-17)22-19(23)16-7-11-18(12-8-16)24-13-15-5-3-2-4-6-15/h2-8,11-12,17H,9-10,13-14,21H2,1H3,(H,22,23). The molecule has 1 atom stereocenters. The molecule has 1 fully saturated rings. The predicted molar refractivity (Wildman–Crippen MR) is 94.9 cm³/mol. The first-order valence-electron chi connectivity index (χ1n) is 8.40. The molecule has 1 aliphatic carbocycles. The highest BCUT2D eigenvalue weighted by Crippen LogP contribution is 2.39. The van der Waals surface area contributed by atoms with E-state index in [-0.39, 0.29) is 11.4 Å². The smallest absolute Gasteiger partial charge is 0.251 e. The lowest BCUT2D eigenvalue weighted by Gasteiger charge is -2.29. The van der Waals surface area contributed by atoms with Gasteiger partial charge < -0.3 is 15.8 Å². The summed E-state index contributed by atoms with van der Waals surface area (Å²) in [4.78, 5) is 12.4. The molecule has 4 heteroatoms. The molecule has 0 heterocycles. The van der Waals surface area contributed by atoms with Gasteiger partial charge in [0.05, 0.1) is 5.54 Å². The quantitative estimate of drug-likeness (QED) is 0.822. The van der Waals surface area contributed by atoms with Crippen molar-refractivity contribution in [2.75, 3.05) is 6.54 Å². The molecule has 1 saturated carbocycles. The Bertz CT molecular complexity index is 681. The summed E-state index contributed by atoms with van der Waals surface area (Å²) in [6.45, 7) is 3.00. The van der Waals surface area contributed by atoms with E-state index in [1.165, 1.54) is 0 Å². The van der Waals surface area contributed by atoms with E-state index in [2.05, 4.69) is 5.32 Å². The topological polar surface area (TPSA) is 64.3 Å². The van der Waals surface area contributed by atoms with Gasteiger partial charge in [-0.2, -0.15) is 0 Å². The highest BCUT2D eigenvalue weighted by atomic mass is 16.5. The summed E-state index contributed by atoms with van der Waals surface area (Å²) < 4.78 is 5.75. The molecule has 1 amide bonds. The second kappa shape index (κ2) is 7.05. The fourth-order valence-electron chi connectivity index (χ4n) is 2.82. The minimum absolute atomic E-state index is 0.0792. The van der Waals surface area contributed by atoms with Crippen LogP contribution in [0.4, 0.5) is 0 Å². The Morgan fingerprint density at radius 1 is 1.17 bits per heavy atom. The molecule has 0 aliphatic heterocycles. The maximum atomic E-state index is 12.4. The average Bonchev–Trinajstić information content (AvgIpc) is 3.47. The monoisotopic (exact) mass is 324 g/mol. The van der Waals surface area contributed by atoms with E-state index in [0.29, 0.717) is 24.6 Å². The van der Waals surface area contributed by atoms with Gasteiger partial charge >= 0.3 is 0 Å². The van der Waals surface area contributed by atoms with Gasteiger partial charge in [0.2, 0.25) is 0 Å². The lowest BCUT2D eigenvalue weighted by Crippen LogP contribution is -2.53. The molecule has 0 saturated heterocycles. The Labute approximate surface area is 143 Å². The number of ether oxygens (including phenoxy) is 1. The number of hydrogen-bond donors (Lipinski definition) is 2. The van der Waals surface area contributed by atoms with Crippen LogP contribution in [0.25, 0.3) is 0 Å². The van der Waals surface area contributed by atoms with Crippen molar-refractivity contribution in [1.82, 2.24) is 5.32 Å². The summed E-state index contributed by atoms with van der Waals surface area (Å²) in [5.74, 6) is 1.17. The Balaban J connectivity index is 1.58. The van der Waals surface area contributed by atoms with E-state index in [1.54, 1.807) is 12.1 Å². The van der Waals surface area contributed by atoms with Crippen LogP contribution in [0.1, 0.15) is 35.7 Å². The van der Waals surface area contributed by atoms with E-state index < -0.39 is 0 Å². The van der Waals surface area contributed by atoms with E-state index in [4.69, 9.17) is 10.5 Å². The molecule has 2 aromatic carbocycles. The first-order chi connectivity index (χ1) is 11.6. The van der Waals surface area contributed by atoms with Crippen LogP contribution in [0.2, 0.25) is 0 Å². The molecule has 0 aromatic heterocycles. The van der Waals surface area contributed by atoms with Crippen LogP contribution >= 0.6 is 0 Å². The van der Waals surface area contributed by atoms with Crippen molar-refractivity contribution in [2.24, 2.45) is 11.7 Å². The van der Waals surface area contributed by atoms with Crippen molar-refractivity contribution >= 4 is 5.91 Å². The van der Waals surface area contributed by atoms with Crippen LogP contribution in [0.15, 0.2) is 54.6 Å². The van der Waals surface area contributed by atoms with Crippen molar-refractivity contribution in [1.29, 1.82) is 0 Å². The van der Waals surface area contributed by atoms with Gasteiger partial charge in [-0.15, -0.1) is 0 Å². The Morgan fingerprint density at radius 2 is 1.83 bits per heavy atom. The normalized spacial score (nSPS) is 16.2. The Hall–Kier alpha value is -2.33. The number of carbonyl (C=O) groups excluding carboxylic acids is 1. The van der Waals surface area contributed by atoms with E-state index in [1.807, 2.05) is 49.4 Å². The van der Waals surface area contributed by atoms with Crippen LogP contribution < -0.4 is 15.8 Å². The maximum absolute atomic E-state index is 12.4. The summed E-state index contributed by atoms with van der Waals surface area (Å²) >= 11 is 0. The lowest BCUT2D eigenvalue weighted by atomic mass is 9.95. The van der Waals surface area contributed by atoms with Crippen LogP contribution in [-0.4, -0.2) is 18.0 Å². The first-order valence-corrected chi connectivity index (χ1v) is 8.40. The average molecular weight is 324 g/mol. The van der Waals surface area contributed by atoms with Gasteiger partial charge in [-0.25, -0.2) is 0 Å². The van der Waals surface area contributed by atoms with Crippen molar-refractivity contribution in [3.63, 3.8) is 0 Å². The second-order valence-corrected chi connectivity index (χ2v) is 6.65. The third-order valence-electron chi connectivity index (χ3n) is 4.67. The van der Waals surface area contributed by atoms with Gasteiger partial charge in [0.25, 0.3) is 5.91 Å². The van der Waals surface area contributed by atoms with Crippen molar-refractivity contribution in [2.45, 2.75) is 31.9 Å². The third-order valence-corrected chi connectivity index (χ3v) is 4.67. The number of nitrogens with two attached hydrogens (primary N) is 1. The fourth-order valence-corrected chi connectivity index (χ4v) is 2.82. The zero-order valence-electron chi connectivity index (χ0n) is 14.0. The minimum Gasteiger partial charge on any atom is -0.489 e. The zero-order chi connectivity index (χ0) is 17.0. The summed E-state index contributed by atoms with van der Waals surface area (Å²) in [6.07, 6.45) is 2.28. The van der Waals surface area contributed by atoms with E-state index in [9.17, 15) is 4.79 Å². The number of benzene rings is 2. The molecule has 3 rings (SSSR count). The van der Waals surface area contributed by atoms with Crippen LogP contribution in [0.3, 0.4) is 0 Å². The van der Waals surface area contributed by atoms with Gasteiger partial charge in [-0.3, -0.25) is 4.79 Å². The highest BCUT2D eigenvalue weighted by Gasteiger charge is 2.41. The van der Waals surface area contributed by atoms with Crippen molar-refractivity contribution in [3.8, 4) is 5.75 Å². The number of hydrogen-bond acceptors (Lipinski definition) is 3. The number of carbonyl (C=O) groups is 1. The number of nitrogens with one attached hydrogen (secondary N) is 1. The summed E-state index contributed by atoms with van der Waals surface area (Å²) in [7, 11) is 0. The van der Waals surface area contributed by atoms with Gasteiger partial charge in [0.1, 0.15) is 12.4 Å². The SMILES string of the molecule is CC(CN)(NC(=O)c1ccc(OCc2ccccc2)cc1)C1CC1. The van der Waals surface area contributed by atoms with E-state index >= 15 is 0 Å². The summed E-state index contributed by atoms with van der Waals surface area (Å²) in [6, 6.07) is 17.2. The molecule has 1 aliphatic rings. The Morgan fingerprint density at radius 3 is 2.42 bits per heavy atom. The number of rotatable bonds is 7. The lowest BCUT2D eigenvalue weighted by molar-refractivity contribution is 0.0898. The van der Waals surface area contributed by atoms with Gasteiger partial charge in [0.15, 0.2) is 0 Å². The molecule has 0 radical (unpaired) electrons. The Kier molecular flexibility index (Phi) is 4.86. The van der Waals surface area contributed by atoms with Gasteiger partial charge in [0, 0.05) is 12.1 Å². The van der Waals surface area contributed by atoms with Crippen LogP contribution in [-0.2, 0) is 6.61 Å². The molecule has 0 spiro atoms. The van der Waals surface area contributed by atoms with Crippen LogP contribution in [0.5, 0.6) is 5.75 Å². The van der Waals surface area contributed by atoms with Crippen LogP contribution in [0, 0.1) is 5.92 Å². The minimum atomic E-state index is -0.306. The molecular formula is C20H24N2O2. The van der Waals surface area contributed by atoms with E-state index in [0.717, 1.165) is 24.2 Å². The summed E-state index contributed by atoms with van der Waals surface area (Å²) in [5.41, 5.74) is 7.29. The molecule has 3 N–H and O–H groups in total. The van der Waals surface area contributed by atoms with Crippen molar-refractivity contribution < 1.29 is 9.53 Å². The fraction of sp³-hybridized carbons (Fsp3) is 0.350. The molecule has 4 nitrogen and oxygen atoms in total. The predicted octanol–water partition coefficient (Wildman–Crippen LogP) is 3.12. The molecule has 0 bridgehead atoms. The number of amides is 1. The molecular weight excluding hydrogens is 300 g/mol. The van der Waals surface area contributed by atoms with Gasteiger partial charge in [-0.05, 0) is 55.5 Å². The zero-order valence-corrected chi connectivity index (χ0v) is 14.0. The largest absolute Gasteiger partial charge is 0.489 e. The first kappa shape index (κ1) is 16.5. The second-order valence-electron chi connectivity index (χ2n) is 6.65. The van der Waals surface area contributed by atoms with Gasteiger partial charge in [-0.1, -0.05) is 30.3 Å². The molecule has 1 unspecified atom stereocenters. The molecule has 2 aromatic rings. The molecule has 24 heavy (non-hydrogen) atoms. The highest BCUT2D eigenvalue weighted by molar-refractivity contribution is 5.94.